The Balaban J connectivity index is 2.65. The van der Waals surface area contributed by atoms with Gasteiger partial charge < -0.3 is 0 Å². The lowest BCUT2D eigenvalue weighted by Gasteiger charge is -2.08. The molecule has 0 atom stereocenters. The zero-order valence-electron chi connectivity index (χ0n) is 10.4. The second-order valence-electron chi connectivity index (χ2n) is 4.06. The highest BCUT2D eigenvalue weighted by Crippen LogP contribution is 2.23. The number of rotatable bonds is 2. The molecule has 0 aromatic carbocycles. The third kappa shape index (κ3) is 2.41. The average Bonchev–Trinajstić information content (AvgIpc) is 2.32. The van der Waals surface area contributed by atoms with E-state index in [9.17, 15) is 0 Å². The maximum Gasteiger partial charge on any atom is 0.0964 e. The number of hydrogen-bond donors (Lipinski definition) is 0. The number of allylic oxidation sites excluding steroid dienone is 1. The van der Waals surface area contributed by atoms with Gasteiger partial charge in [-0.15, -0.1) is 0 Å². The van der Waals surface area contributed by atoms with E-state index in [0.717, 1.165) is 28.2 Å². The maximum absolute atomic E-state index is 4.61. The molecule has 0 amide bonds. The monoisotopic (exact) mass is 224 g/mol. The molecule has 0 saturated carbocycles. The summed E-state index contributed by atoms with van der Waals surface area (Å²) in [7, 11) is 0. The number of hydrogen-bond acceptors (Lipinski definition) is 2. The fraction of sp³-hybridized carbons (Fsp3) is 0.200. The second kappa shape index (κ2) is 4.91. The molecule has 2 aromatic heterocycles. The molecule has 0 radical (unpaired) electrons. The molecule has 0 aliphatic heterocycles. The zero-order chi connectivity index (χ0) is 12.3. The number of nitrogens with zero attached hydrogens (tertiary/aromatic N) is 2. The van der Waals surface area contributed by atoms with Crippen molar-refractivity contribution in [1.82, 2.24) is 9.97 Å². The van der Waals surface area contributed by atoms with Crippen molar-refractivity contribution in [3.63, 3.8) is 0 Å². The summed E-state index contributed by atoms with van der Waals surface area (Å²) in [4.78, 5) is 9.05. The van der Waals surface area contributed by atoms with Crippen molar-refractivity contribution >= 4 is 6.08 Å². The summed E-state index contributed by atoms with van der Waals surface area (Å²) < 4.78 is 0. The largest absolute Gasteiger partial charge is 0.254 e. The molecule has 86 valence electrons. The highest BCUT2D eigenvalue weighted by Gasteiger charge is 2.08. The SMILES string of the molecule is C/C=C/c1ccc(C)nc1-c1ncccc1C. The van der Waals surface area contributed by atoms with Crippen molar-refractivity contribution in [2.45, 2.75) is 20.8 Å². The van der Waals surface area contributed by atoms with E-state index in [4.69, 9.17) is 0 Å². The average molecular weight is 224 g/mol. The van der Waals surface area contributed by atoms with Crippen LogP contribution in [-0.2, 0) is 0 Å². The lowest BCUT2D eigenvalue weighted by atomic mass is 10.1. The summed E-state index contributed by atoms with van der Waals surface area (Å²) in [6, 6.07) is 8.12. The number of pyridine rings is 2. The molecule has 0 fully saturated rings. The van der Waals surface area contributed by atoms with Crippen molar-refractivity contribution in [2.24, 2.45) is 0 Å². The Morgan fingerprint density at radius 1 is 1.06 bits per heavy atom. The zero-order valence-corrected chi connectivity index (χ0v) is 10.4. The maximum atomic E-state index is 4.61. The summed E-state index contributed by atoms with van der Waals surface area (Å²) in [5.41, 5.74) is 5.19. The van der Waals surface area contributed by atoms with Crippen molar-refractivity contribution in [3.8, 4) is 11.4 Å². The van der Waals surface area contributed by atoms with Gasteiger partial charge in [-0.3, -0.25) is 9.97 Å². The van der Waals surface area contributed by atoms with E-state index < -0.39 is 0 Å². The summed E-state index contributed by atoms with van der Waals surface area (Å²) in [6.07, 6.45) is 5.90. The molecule has 2 heterocycles. The predicted octanol–water partition coefficient (Wildman–Crippen LogP) is 3.79. The minimum atomic E-state index is 0.959. The first-order chi connectivity index (χ1) is 8.22. The topological polar surface area (TPSA) is 25.8 Å². The molecule has 0 N–H and O–H groups in total. The smallest absolute Gasteiger partial charge is 0.0964 e. The normalized spacial score (nSPS) is 11.0. The van der Waals surface area contributed by atoms with Crippen LogP contribution in [0.5, 0.6) is 0 Å². The van der Waals surface area contributed by atoms with E-state index in [1.165, 1.54) is 0 Å². The van der Waals surface area contributed by atoms with Crippen LogP contribution in [0.25, 0.3) is 17.5 Å². The van der Waals surface area contributed by atoms with Crippen LogP contribution >= 0.6 is 0 Å². The number of aromatic nitrogens is 2. The molecule has 17 heavy (non-hydrogen) atoms. The van der Waals surface area contributed by atoms with Gasteiger partial charge in [0.05, 0.1) is 11.4 Å². The van der Waals surface area contributed by atoms with Crippen LogP contribution < -0.4 is 0 Å². The first-order valence-electron chi connectivity index (χ1n) is 5.74. The van der Waals surface area contributed by atoms with E-state index in [1.54, 1.807) is 0 Å². The van der Waals surface area contributed by atoms with Gasteiger partial charge in [0.1, 0.15) is 0 Å². The highest BCUT2D eigenvalue weighted by molar-refractivity contribution is 5.71. The molecular formula is C15H16N2. The van der Waals surface area contributed by atoms with E-state index in [1.807, 2.05) is 38.3 Å². The number of aryl methyl sites for hydroxylation is 2. The molecule has 0 aliphatic rings. The van der Waals surface area contributed by atoms with Crippen molar-refractivity contribution < 1.29 is 0 Å². The Kier molecular flexibility index (Phi) is 3.33. The fourth-order valence-electron chi connectivity index (χ4n) is 1.80. The predicted molar refractivity (Wildman–Crippen MR) is 71.7 cm³/mol. The quantitative estimate of drug-likeness (QED) is 0.775. The van der Waals surface area contributed by atoms with Crippen LogP contribution in [0, 0.1) is 13.8 Å². The first-order valence-corrected chi connectivity index (χ1v) is 5.74. The van der Waals surface area contributed by atoms with Crippen LogP contribution in [0.2, 0.25) is 0 Å². The lowest BCUT2D eigenvalue weighted by Crippen LogP contribution is -1.95. The Labute approximate surface area is 102 Å². The highest BCUT2D eigenvalue weighted by atomic mass is 14.8. The van der Waals surface area contributed by atoms with Gasteiger partial charge in [0.15, 0.2) is 0 Å². The molecule has 0 unspecified atom stereocenters. The van der Waals surface area contributed by atoms with Crippen molar-refractivity contribution in [2.75, 3.05) is 0 Å². The van der Waals surface area contributed by atoms with E-state index in [-0.39, 0.29) is 0 Å². The van der Waals surface area contributed by atoms with Crippen LogP contribution in [0.15, 0.2) is 36.5 Å². The summed E-state index contributed by atoms with van der Waals surface area (Å²) in [5, 5.41) is 0. The minimum Gasteiger partial charge on any atom is -0.254 e. The minimum absolute atomic E-state index is 0.959. The molecule has 2 aromatic rings. The third-order valence-corrected chi connectivity index (χ3v) is 2.65. The fourth-order valence-corrected chi connectivity index (χ4v) is 1.80. The van der Waals surface area contributed by atoms with Gasteiger partial charge in [-0.2, -0.15) is 0 Å². The molecule has 0 bridgehead atoms. The van der Waals surface area contributed by atoms with Gasteiger partial charge >= 0.3 is 0 Å². The summed E-state index contributed by atoms with van der Waals surface area (Å²) in [5.74, 6) is 0. The van der Waals surface area contributed by atoms with Crippen molar-refractivity contribution in [1.29, 1.82) is 0 Å². The standard InChI is InChI=1S/C15H16N2/c1-4-6-13-9-8-12(3)17-15(13)14-11(2)7-5-10-16-14/h4-10H,1-3H3/b6-4+. The Bertz CT molecular complexity index is 557. The Morgan fingerprint density at radius 2 is 1.88 bits per heavy atom. The second-order valence-corrected chi connectivity index (χ2v) is 4.06. The molecular weight excluding hydrogens is 208 g/mol. The first kappa shape index (κ1) is 11.5. The van der Waals surface area contributed by atoms with Crippen LogP contribution in [0.3, 0.4) is 0 Å². The van der Waals surface area contributed by atoms with E-state index in [0.29, 0.717) is 0 Å². The molecule has 2 rings (SSSR count). The van der Waals surface area contributed by atoms with Crippen LogP contribution in [0.4, 0.5) is 0 Å². The molecule has 2 heteroatoms. The van der Waals surface area contributed by atoms with E-state index in [2.05, 4.69) is 35.1 Å². The third-order valence-electron chi connectivity index (χ3n) is 2.65. The van der Waals surface area contributed by atoms with Crippen molar-refractivity contribution in [3.05, 3.63) is 53.4 Å². The van der Waals surface area contributed by atoms with Gasteiger partial charge in [0, 0.05) is 17.5 Å². The molecule has 2 nitrogen and oxygen atoms in total. The summed E-state index contributed by atoms with van der Waals surface area (Å²) >= 11 is 0. The Morgan fingerprint density at radius 3 is 2.59 bits per heavy atom. The lowest BCUT2D eigenvalue weighted by molar-refractivity contribution is 1.16. The molecule has 0 aliphatic carbocycles. The van der Waals surface area contributed by atoms with Crippen LogP contribution in [-0.4, -0.2) is 9.97 Å². The summed E-state index contributed by atoms with van der Waals surface area (Å²) in [6.45, 7) is 6.07. The van der Waals surface area contributed by atoms with Gasteiger partial charge in [-0.25, -0.2) is 0 Å². The Hall–Kier alpha value is -1.96. The van der Waals surface area contributed by atoms with Gasteiger partial charge in [-0.05, 0) is 38.5 Å². The van der Waals surface area contributed by atoms with Gasteiger partial charge in [0.2, 0.25) is 0 Å². The van der Waals surface area contributed by atoms with E-state index >= 15 is 0 Å². The van der Waals surface area contributed by atoms with Gasteiger partial charge in [-0.1, -0.05) is 24.3 Å². The van der Waals surface area contributed by atoms with Crippen LogP contribution in [0.1, 0.15) is 23.7 Å². The van der Waals surface area contributed by atoms with Gasteiger partial charge in [0.25, 0.3) is 0 Å². The molecule has 0 saturated heterocycles. The molecule has 0 spiro atoms.